The molecule has 0 aliphatic carbocycles. The topological polar surface area (TPSA) is 35.2 Å². The van der Waals surface area contributed by atoms with E-state index in [0.29, 0.717) is 12.3 Å². The monoisotopic (exact) mass is 345 g/mol. The van der Waals surface area contributed by atoms with Crippen LogP contribution in [0, 0.1) is 5.82 Å². The van der Waals surface area contributed by atoms with E-state index in [1.807, 2.05) is 36.4 Å². The number of fused-ring (bicyclic) bond motifs is 1. The Morgan fingerprint density at radius 2 is 1.71 bits per heavy atom. The van der Waals surface area contributed by atoms with Crippen LogP contribution in [-0.4, -0.2) is 0 Å². The lowest BCUT2D eigenvalue weighted by molar-refractivity contribution is 0.446. The van der Waals surface area contributed by atoms with Crippen molar-refractivity contribution in [3.8, 4) is 11.5 Å². The van der Waals surface area contributed by atoms with Gasteiger partial charge in [0.15, 0.2) is 11.6 Å². The fourth-order valence-corrected chi connectivity index (χ4v) is 2.61. The second-order valence-corrected chi connectivity index (χ2v) is 5.57. The number of rotatable bonds is 3. The molecule has 0 atom stereocenters. The minimum Gasteiger partial charge on any atom is -0.454 e. The molecule has 106 valence electrons. The molecular formula is C17H13BrFNO. The third kappa shape index (κ3) is 2.77. The Hall–Kier alpha value is -1.91. The predicted molar refractivity (Wildman–Crippen MR) is 86.0 cm³/mol. The second kappa shape index (κ2) is 5.84. The van der Waals surface area contributed by atoms with E-state index in [4.69, 9.17) is 10.5 Å². The van der Waals surface area contributed by atoms with E-state index in [1.165, 1.54) is 6.07 Å². The third-order valence-corrected chi connectivity index (χ3v) is 3.80. The van der Waals surface area contributed by atoms with Crippen molar-refractivity contribution in [3.63, 3.8) is 0 Å². The average Bonchev–Trinajstić information content (AvgIpc) is 2.51. The number of ether oxygens (including phenoxy) is 1. The maximum absolute atomic E-state index is 13.8. The van der Waals surface area contributed by atoms with E-state index in [1.54, 1.807) is 12.1 Å². The van der Waals surface area contributed by atoms with E-state index >= 15 is 0 Å². The molecule has 0 unspecified atom stereocenters. The summed E-state index contributed by atoms with van der Waals surface area (Å²) in [7, 11) is 0. The summed E-state index contributed by atoms with van der Waals surface area (Å²) in [4.78, 5) is 0. The summed E-state index contributed by atoms with van der Waals surface area (Å²) in [6.07, 6.45) is 0. The highest BCUT2D eigenvalue weighted by Crippen LogP contribution is 2.34. The predicted octanol–water partition coefficient (Wildman–Crippen LogP) is 4.99. The summed E-state index contributed by atoms with van der Waals surface area (Å²) < 4.78 is 20.4. The fourth-order valence-electron chi connectivity index (χ4n) is 2.27. The Labute approximate surface area is 130 Å². The van der Waals surface area contributed by atoms with E-state index in [2.05, 4.69) is 15.9 Å². The Balaban J connectivity index is 2.11. The zero-order chi connectivity index (χ0) is 14.8. The highest BCUT2D eigenvalue weighted by atomic mass is 79.9. The molecule has 3 aromatic rings. The lowest BCUT2D eigenvalue weighted by atomic mass is 10.0. The number of benzene rings is 3. The standard InChI is InChI=1S/C17H13BrFNO/c18-12-6-7-15(19)17(9-12)21-16-8-5-11(10-20)13-3-1-2-4-14(13)16/h1-9H,10,20H2. The van der Waals surface area contributed by atoms with Gasteiger partial charge in [0.25, 0.3) is 0 Å². The summed E-state index contributed by atoms with van der Waals surface area (Å²) in [5, 5.41) is 1.94. The molecule has 0 heterocycles. The Bertz CT molecular complexity index is 804. The van der Waals surface area contributed by atoms with Gasteiger partial charge in [0.05, 0.1) is 0 Å². The van der Waals surface area contributed by atoms with Gasteiger partial charge in [-0.05, 0) is 35.2 Å². The zero-order valence-corrected chi connectivity index (χ0v) is 12.7. The maximum atomic E-state index is 13.8. The van der Waals surface area contributed by atoms with Gasteiger partial charge in [-0.25, -0.2) is 4.39 Å². The number of halogens is 2. The normalized spacial score (nSPS) is 10.8. The molecule has 0 saturated heterocycles. The molecule has 3 aromatic carbocycles. The number of hydrogen-bond acceptors (Lipinski definition) is 2. The van der Waals surface area contributed by atoms with Crippen LogP contribution in [0.4, 0.5) is 4.39 Å². The maximum Gasteiger partial charge on any atom is 0.165 e. The highest BCUT2D eigenvalue weighted by Gasteiger charge is 2.10. The first-order valence-electron chi connectivity index (χ1n) is 6.52. The van der Waals surface area contributed by atoms with Gasteiger partial charge in [0.1, 0.15) is 5.75 Å². The fraction of sp³-hybridized carbons (Fsp3) is 0.0588. The summed E-state index contributed by atoms with van der Waals surface area (Å²) in [6.45, 7) is 0.450. The van der Waals surface area contributed by atoms with Gasteiger partial charge in [-0.2, -0.15) is 0 Å². The molecule has 21 heavy (non-hydrogen) atoms. The molecule has 0 bridgehead atoms. The van der Waals surface area contributed by atoms with E-state index in [-0.39, 0.29) is 5.75 Å². The molecule has 0 aliphatic rings. The lowest BCUT2D eigenvalue weighted by Gasteiger charge is -2.12. The van der Waals surface area contributed by atoms with Crippen LogP contribution in [0.25, 0.3) is 10.8 Å². The van der Waals surface area contributed by atoms with Gasteiger partial charge in [-0.15, -0.1) is 0 Å². The van der Waals surface area contributed by atoms with Crippen molar-refractivity contribution in [2.45, 2.75) is 6.54 Å². The second-order valence-electron chi connectivity index (χ2n) is 4.65. The first-order chi connectivity index (χ1) is 10.2. The van der Waals surface area contributed by atoms with E-state index in [9.17, 15) is 4.39 Å². The molecule has 4 heteroatoms. The molecule has 3 rings (SSSR count). The first-order valence-corrected chi connectivity index (χ1v) is 7.32. The minimum atomic E-state index is -0.398. The van der Waals surface area contributed by atoms with E-state index in [0.717, 1.165) is 20.8 Å². The smallest absolute Gasteiger partial charge is 0.165 e. The molecule has 0 aliphatic heterocycles. The minimum absolute atomic E-state index is 0.190. The molecule has 0 amide bonds. The quantitative estimate of drug-likeness (QED) is 0.725. The van der Waals surface area contributed by atoms with Gasteiger partial charge in [-0.1, -0.05) is 46.3 Å². The Morgan fingerprint density at radius 3 is 2.48 bits per heavy atom. The van der Waals surface area contributed by atoms with Crippen LogP contribution in [0.2, 0.25) is 0 Å². The Morgan fingerprint density at radius 1 is 0.952 bits per heavy atom. The van der Waals surface area contributed by atoms with Gasteiger partial charge < -0.3 is 10.5 Å². The van der Waals surface area contributed by atoms with Crippen molar-refractivity contribution in [2.24, 2.45) is 5.73 Å². The van der Waals surface area contributed by atoms with Gasteiger partial charge in [0.2, 0.25) is 0 Å². The molecule has 0 spiro atoms. The summed E-state index contributed by atoms with van der Waals surface area (Å²) >= 11 is 3.32. The molecule has 0 saturated carbocycles. The van der Waals surface area contributed by atoms with Crippen LogP contribution in [0.15, 0.2) is 59.1 Å². The average molecular weight is 346 g/mol. The van der Waals surface area contributed by atoms with Crippen LogP contribution in [0.1, 0.15) is 5.56 Å². The molecular weight excluding hydrogens is 333 g/mol. The van der Waals surface area contributed by atoms with Crippen LogP contribution in [-0.2, 0) is 6.54 Å². The van der Waals surface area contributed by atoms with Crippen molar-refractivity contribution >= 4 is 26.7 Å². The summed E-state index contributed by atoms with van der Waals surface area (Å²) in [5.74, 6) is 0.403. The first kappa shape index (κ1) is 14.0. The largest absolute Gasteiger partial charge is 0.454 e. The highest BCUT2D eigenvalue weighted by molar-refractivity contribution is 9.10. The molecule has 0 fully saturated rings. The molecule has 0 radical (unpaired) electrons. The molecule has 2 N–H and O–H groups in total. The van der Waals surface area contributed by atoms with Crippen molar-refractivity contribution in [3.05, 3.63) is 70.5 Å². The summed E-state index contributed by atoms with van der Waals surface area (Å²) in [5.41, 5.74) is 6.79. The van der Waals surface area contributed by atoms with Crippen molar-refractivity contribution in [1.29, 1.82) is 0 Å². The van der Waals surface area contributed by atoms with Gasteiger partial charge >= 0.3 is 0 Å². The Kier molecular flexibility index (Phi) is 3.90. The van der Waals surface area contributed by atoms with Gasteiger partial charge in [-0.3, -0.25) is 0 Å². The van der Waals surface area contributed by atoms with Crippen LogP contribution < -0.4 is 10.5 Å². The lowest BCUT2D eigenvalue weighted by Crippen LogP contribution is -1.98. The van der Waals surface area contributed by atoms with Crippen molar-refractivity contribution < 1.29 is 9.13 Å². The van der Waals surface area contributed by atoms with Crippen molar-refractivity contribution in [2.75, 3.05) is 0 Å². The van der Waals surface area contributed by atoms with Crippen molar-refractivity contribution in [1.82, 2.24) is 0 Å². The SMILES string of the molecule is NCc1ccc(Oc2cc(Br)ccc2F)c2ccccc12. The number of hydrogen-bond donors (Lipinski definition) is 1. The number of nitrogens with two attached hydrogens (primary N) is 1. The zero-order valence-electron chi connectivity index (χ0n) is 11.1. The van der Waals surface area contributed by atoms with Gasteiger partial charge in [0, 0.05) is 16.4 Å². The van der Waals surface area contributed by atoms with Crippen LogP contribution >= 0.6 is 15.9 Å². The third-order valence-electron chi connectivity index (χ3n) is 3.31. The summed E-state index contributed by atoms with van der Waals surface area (Å²) in [6, 6.07) is 16.2. The molecule has 2 nitrogen and oxygen atoms in total. The van der Waals surface area contributed by atoms with E-state index < -0.39 is 5.82 Å². The van der Waals surface area contributed by atoms with Crippen LogP contribution in [0.5, 0.6) is 11.5 Å². The van der Waals surface area contributed by atoms with Crippen LogP contribution in [0.3, 0.4) is 0 Å². The molecule has 0 aromatic heterocycles.